The quantitative estimate of drug-likeness (QED) is 0.561. The Morgan fingerprint density at radius 3 is 2.58 bits per heavy atom. The van der Waals surface area contributed by atoms with Crippen molar-refractivity contribution in [3.63, 3.8) is 0 Å². The summed E-state index contributed by atoms with van der Waals surface area (Å²) in [6.07, 6.45) is 0.597. The molecule has 1 aliphatic heterocycles. The molecule has 0 saturated carbocycles. The molecule has 8 heteroatoms. The van der Waals surface area contributed by atoms with Gasteiger partial charge in [-0.3, -0.25) is 4.68 Å². The van der Waals surface area contributed by atoms with Gasteiger partial charge >= 0.3 is 0 Å². The average Bonchev–Trinajstić information content (AvgIpc) is 3.06. The number of benzene rings is 2. The van der Waals surface area contributed by atoms with E-state index in [4.69, 9.17) is 4.74 Å². The van der Waals surface area contributed by atoms with Gasteiger partial charge < -0.3 is 4.74 Å². The van der Waals surface area contributed by atoms with Gasteiger partial charge in [0.25, 0.3) is 0 Å². The number of halogens is 1. The standard InChI is InChI=1S/C23H26FN3O3S/c1-17-7-9-18(10-8-17)16-31(28,29)27-12-11-23-20(13-27)22(25-26(23)2)15-30-14-19-5-3-4-6-21(19)24/h3-10H,11-16H2,1-2H3. The van der Waals surface area contributed by atoms with Crippen LogP contribution in [0.2, 0.25) is 0 Å². The molecule has 2 heterocycles. The summed E-state index contributed by atoms with van der Waals surface area (Å²) in [4.78, 5) is 0. The minimum atomic E-state index is -3.46. The summed E-state index contributed by atoms with van der Waals surface area (Å²) >= 11 is 0. The van der Waals surface area contributed by atoms with E-state index in [9.17, 15) is 12.8 Å². The molecule has 164 valence electrons. The lowest BCUT2D eigenvalue weighted by molar-refractivity contribution is 0.101. The lowest BCUT2D eigenvalue weighted by Crippen LogP contribution is -2.37. The molecule has 0 saturated heterocycles. The van der Waals surface area contributed by atoms with Gasteiger partial charge in [-0.25, -0.2) is 12.8 Å². The lowest BCUT2D eigenvalue weighted by Gasteiger charge is -2.27. The highest BCUT2D eigenvalue weighted by atomic mass is 32.2. The van der Waals surface area contributed by atoms with Gasteiger partial charge in [-0.15, -0.1) is 0 Å². The Morgan fingerprint density at radius 2 is 1.84 bits per heavy atom. The molecule has 0 fully saturated rings. The molecule has 1 aliphatic rings. The number of aryl methyl sites for hydroxylation is 2. The third-order valence-corrected chi connectivity index (χ3v) is 7.40. The maximum atomic E-state index is 13.8. The van der Waals surface area contributed by atoms with Crippen molar-refractivity contribution in [1.82, 2.24) is 14.1 Å². The zero-order valence-electron chi connectivity index (χ0n) is 17.7. The smallest absolute Gasteiger partial charge is 0.218 e. The number of ether oxygens (including phenoxy) is 1. The van der Waals surface area contributed by atoms with Gasteiger partial charge in [0, 0.05) is 43.4 Å². The highest BCUT2D eigenvalue weighted by Gasteiger charge is 2.31. The van der Waals surface area contributed by atoms with E-state index >= 15 is 0 Å². The summed E-state index contributed by atoms with van der Waals surface area (Å²) in [6.45, 7) is 3.01. The van der Waals surface area contributed by atoms with Crippen LogP contribution in [0.15, 0.2) is 48.5 Å². The Kier molecular flexibility index (Phi) is 6.22. The molecule has 6 nitrogen and oxygen atoms in total. The molecule has 0 radical (unpaired) electrons. The minimum absolute atomic E-state index is 0.0258. The van der Waals surface area contributed by atoms with Gasteiger partial charge in [-0.1, -0.05) is 48.0 Å². The molecule has 31 heavy (non-hydrogen) atoms. The van der Waals surface area contributed by atoms with Crippen molar-refractivity contribution < 1.29 is 17.5 Å². The van der Waals surface area contributed by atoms with E-state index in [0.717, 1.165) is 22.4 Å². The van der Waals surface area contributed by atoms with E-state index in [0.29, 0.717) is 24.2 Å². The third kappa shape index (κ3) is 4.87. The van der Waals surface area contributed by atoms with Gasteiger partial charge in [0.05, 0.1) is 24.7 Å². The summed E-state index contributed by atoms with van der Waals surface area (Å²) in [5.41, 5.74) is 4.95. The molecule has 0 atom stereocenters. The van der Waals surface area contributed by atoms with Gasteiger partial charge in [-0.05, 0) is 18.6 Å². The van der Waals surface area contributed by atoms with Crippen LogP contribution in [-0.4, -0.2) is 29.0 Å². The normalized spacial score (nSPS) is 14.5. The summed E-state index contributed by atoms with van der Waals surface area (Å²) in [5.74, 6) is -0.332. The Balaban J connectivity index is 1.46. The van der Waals surface area contributed by atoms with Crippen LogP contribution < -0.4 is 0 Å². The highest BCUT2D eigenvalue weighted by molar-refractivity contribution is 7.88. The monoisotopic (exact) mass is 443 g/mol. The summed E-state index contributed by atoms with van der Waals surface area (Å²) < 4.78 is 48.9. The van der Waals surface area contributed by atoms with Crippen LogP contribution in [0.25, 0.3) is 0 Å². The Bertz CT molecular complexity index is 1170. The molecule has 0 bridgehead atoms. The number of rotatable bonds is 7. The number of hydrogen-bond donors (Lipinski definition) is 0. The van der Waals surface area contributed by atoms with Crippen molar-refractivity contribution in [1.29, 1.82) is 0 Å². The predicted molar refractivity (Wildman–Crippen MR) is 116 cm³/mol. The van der Waals surface area contributed by atoms with Crippen LogP contribution in [0.5, 0.6) is 0 Å². The lowest BCUT2D eigenvalue weighted by atomic mass is 10.1. The van der Waals surface area contributed by atoms with Gasteiger partial charge in [-0.2, -0.15) is 9.40 Å². The van der Waals surface area contributed by atoms with Crippen molar-refractivity contribution in [3.05, 3.63) is 88.0 Å². The van der Waals surface area contributed by atoms with Gasteiger partial charge in [0.15, 0.2) is 0 Å². The second-order valence-corrected chi connectivity index (χ2v) is 9.87. The Hall–Kier alpha value is -2.55. The maximum absolute atomic E-state index is 13.8. The second kappa shape index (κ2) is 8.90. The fraction of sp³-hybridized carbons (Fsp3) is 0.348. The molecular formula is C23H26FN3O3S. The first kappa shape index (κ1) is 21.7. The molecule has 4 rings (SSSR count). The number of sulfonamides is 1. The largest absolute Gasteiger partial charge is 0.370 e. The number of aromatic nitrogens is 2. The van der Waals surface area contributed by atoms with E-state index in [2.05, 4.69) is 5.10 Å². The first-order valence-electron chi connectivity index (χ1n) is 10.2. The topological polar surface area (TPSA) is 64.4 Å². The minimum Gasteiger partial charge on any atom is -0.370 e. The molecule has 0 aliphatic carbocycles. The van der Waals surface area contributed by atoms with Crippen LogP contribution in [-0.2, 0) is 53.7 Å². The number of fused-ring (bicyclic) bond motifs is 1. The molecule has 0 N–H and O–H groups in total. The first-order valence-corrected chi connectivity index (χ1v) is 11.8. The molecule has 3 aromatic rings. The maximum Gasteiger partial charge on any atom is 0.218 e. The van der Waals surface area contributed by atoms with Crippen LogP contribution in [0.3, 0.4) is 0 Å². The van der Waals surface area contributed by atoms with Gasteiger partial charge in [0.1, 0.15) is 5.82 Å². The van der Waals surface area contributed by atoms with E-state index in [1.54, 1.807) is 22.9 Å². The van der Waals surface area contributed by atoms with E-state index in [-0.39, 0.29) is 31.3 Å². The van der Waals surface area contributed by atoms with Crippen LogP contribution in [0.1, 0.15) is 33.6 Å². The number of hydrogen-bond acceptors (Lipinski definition) is 4. The van der Waals surface area contributed by atoms with Crippen molar-refractivity contribution in [3.8, 4) is 0 Å². The second-order valence-electron chi connectivity index (χ2n) is 7.91. The van der Waals surface area contributed by atoms with Crippen molar-refractivity contribution >= 4 is 10.0 Å². The van der Waals surface area contributed by atoms with Crippen molar-refractivity contribution in [2.75, 3.05) is 6.54 Å². The molecule has 1 aromatic heterocycles. The number of nitrogens with zero attached hydrogens (tertiary/aromatic N) is 3. The molecular weight excluding hydrogens is 417 g/mol. The van der Waals surface area contributed by atoms with Gasteiger partial charge in [0.2, 0.25) is 10.0 Å². The zero-order chi connectivity index (χ0) is 22.0. The predicted octanol–water partition coefficient (Wildman–Crippen LogP) is 3.47. The van der Waals surface area contributed by atoms with E-state index in [1.165, 1.54) is 10.4 Å². The summed E-state index contributed by atoms with van der Waals surface area (Å²) in [6, 6.07) is 14.0. The molecule has 0 amide bonds. The molecule has 0 unspecified atom stereocenters. The van der Waals surface area contributed by atoms with Crippen molar-refractivity contribution in [2.45, 2.75) is 38.9 Å². The van der Waals surface area contributed by atoms with Crippen LogP contribution in [0.4, 0.5) is 4.39 Å². The molecule has 2 aromatic carbocycles. The Labute approximate surface area is 182 Å². The van der Waals surface area contributed by atoms with Crippen LogP contribution in [0, 0.1) is 12.7 Å². The highest BCUT2D eigenvalue weighted by Crippen LogP contribution is 2.26. The van der Waals surface area contributed by atoms with E-state index in [1.807, 2.05) is 38.2 Å². The Morgan fingerprint density at radius 1 is 1.10 bits per heavy atom. The third-order valence-electron chi connectivity index (χ3n) is 5.61. The summed E-state index contributed by atoms with van der Waals surface area (Å²) in [5, 5.41) is 4.53. The van der Waals surface area contributed by atoms with E-state index < -0.39 is 10.0 Å². The fourth-order valence-corrected chi connectivity index (χ4v) is 5.35. The fourth-order valence-electron chi connectivity index (χ4n) is 3.86. The van der Waals surface area contributed by atoms with Crippen molar-refractivity contribution in [2.24, 2.45) is 7.05 Å². The SMILES string of the molecule is Cc1ccc(CS(=O)(=O)N2CCc3c(c(COCc4ccccc4F)nn3C)C2)cc1. The zero-order valence-corrected chi connectivity index (χ0v) is 18.5. The average molecular weight is 444 g/mol. The first-order chi connectivity index (χ1) is 14.8. The summed E-state index contributed by atoms with van der Waals surface area (Å²) in [7, 11) is -1.61. The van der Waals surface area contributed by atoms with Crippen LogP contribution >= 0.6 is 0 Å². The molecule has 0 spiro atoms.